The van der Waals surface area contributed by atoms with Crippen LogP contribution in [0.25, 0.3) is 22.2 Å². The van der Waals surface area contributed by atoms with Crippen molar-refractivity contribution in [1.29, 1.82) is 0 Å². The second kappa shape index (κ2) is 18.1. The Kier molecular flexibility index (Phi) is 12.4. The van der Waals surface area contributed by atoms with Gasteiger partial charge in [-0.1, -0.05) is 31.2 Å². The molecular weight excluding hydrogens is 837 g/mol. The predicted molar refractivity (Wildman–Crippen MR) is 231 cm³/mol. The number of rotatable bonds is 12. The quantitative estimate of drug-likeness (QED) is 0.119. The minimum absolute atomic E-state index is 0.0255. The lowest BCUT2D eigenvalue weighted by molar-refractivity contribution is -0.138. The number of fused-ring (bicyclic) bond motifs is 1. The number of nitrogens with zero attached hydrogens (tertiary/aromatic N) is 6. The lowest BCUT2D eigenvalue weighted by Gasteiger charge is -2.41. The number of hydrogen-bond acceptors (Lipinski definition) is 10. The fraction of sp³-hybridized carbons (Fsp3) is 0.341. The van der Waals surface area contributed by atoms with Gasteiger partial charge in [-0.15, -0.1) is 0 Å². The van der Waals surface area contributed by atoms with Gasteiger partial charge in [0, 0.05) is 120 Å². The van der Waals surface area contributed by atoms with Crippen molar-refractivity contribution in [1.82, 2.24) is 34.3 Å². The molecule has 1 atom stereocenters. The van der Waals surface area contributed by atoms with Crippen molar-refractivity contribution in [3.63, 3.8) is 0 Å². The monoisotopic (exact) mass is 883 g/mol. The molecule has 1 unspecified atom stereocenters. The Labute approximate surface area is 363 Å². The molecule has 330 valence electrons. The van der Waals surface area contributed by atoms with E-state index in [1.165, 1.54) is 13.2 Å². The number of amides is 4. The van der Waals surface area contributed by atoms with Crippen LogP contribution in [0, 0.1) is 11.6 Å². The maximum atomic E-state index is 15.6. The fourth-order valence-electron chi connectivity index (χ4n) is 7.91. The molecule has 3 aliphatic rings. The lowest BCUT2D eigenvalue weighted by atomic mass is 9.99. The van der Waals surface area contributed by atoms with E-state index in [-0.39, 0.29) is 30.5 Å². The largest absolute Gasteiger partial charge is 0.481 e. The van der Waals surface area contributed by atoms with Crippen LogP contribution in [0.3, 0.4) is 0 Å². The van der Waals surface area contributed by atoms with E-state index < -0.39 is 50.9 Å². The van der Waals surface area contributed by atoms with E-state index in [1.54, 1.807) is 19.2 Å². The second-order valence-corrected chi connectivity index (χ2v) is 17.5. The molecule has 0 bridgehead atoms. The zero-order chi connectivity index (χ0) is 44.4. The van der Waals surface area contributed by atoms with Crippen LogP contribution in [0.4, 0.5) is 25.0 Å². The Hall–Kier alpha value is -6.44. The number of carbonyl (C=O) groups is 4. The van der Waals surface area contributed by atoms with Crippen LogP contribution in [-0.2, 0) is 26.3 Å². The maximum Gasteiger partial charge on any atom is 0.320 e. The highest BCUT2D eigenvalue weighted by atomic mass is 32.2. The Balaban J connectivity index is 0.832. The van der Waals surface area contributed by atoms with Gasteiger partial charge in [0.1, 0.15) is 17.2 Å². The van der Waals surface area contributed by atoms with Crippen molar-refractivity contribution < 1.29 is 41.1 Å². The molecule has 2 aromatic heterocycles. The van der Waals surface area contributed by atoms with Gasteiger partial charge in [-0.05, 0) is 53.6 Å². The van der Waals surface area contributed by atoms with E-state index in [9.17, 15) is 27.6 Å². The maximum absolute atomic E-state index is 15.6. The van der Waals surface area contributed by atoms with Gasteiger partial charge in [0.15, 0.2) is 11.9 Å². The van der Waals surface area contributed by atoms with E-state index >= 15 is 8.78 Å². The summed E-state index contributed by atoms with van der Waals surface area (Å²) in [5.41, 5.74) is 2.43. The number of imide groups is 1. The van der Waals surface area contributed by atoms with Crippen LogP contribution < -0.4 is 19.7 Å². The number of ether oxygens (including phenoxy) is 1. The van der Waals surface area contributed by atoms with Crippen molar-refractivity contribution in [2.45, 2.75) is 32.4 Å². The van der Waals surface area contributed by atoms with Crippen LogP contribution in [0.2, 0.25) is 0 Å². The normalized spacial score (nSPS) is 17.6. The van der Waals surface area contributed by atoms with E-state index in [0.717, 1.165) is 46.3 Å². The molecule has 0 radical (unpaired) electrons. The van der Waals surface area contributed by atoms with Crippen LogP contribution in [-0.4, -0.2) is 133 Å². The van der Waals surface area contributed by atoms with E-state index in [2.05, 4.69) is 29.8 Å². The molecule has 3 fully saturated rings. The van der Waals surface area contributed by atoms with Gasteiger partial charge in [-0.25, -0.2) is 18.6 Å². The van der Waals surface area contributed by atoms with Gasteiger partial charge in [0.25, 0.3) is 5.91 Å². The molecule has 3 saturated heterocycles. The van der Waals surface area contributed by atoms with Crippen LogP contribution in [0.5, 0.6) is 5.75 Å². The van der Waals surface area contributed by atoms with Gasteiger partial charge >= 0.3 is 16.2 Å². The minimum Gasteiger partial charge on any atom is -0.481 e. The van der Waals surface area contributed by atoms with E-state index in [4.69, 9.17) is 4.74 Å². The summed E-state index contributed by atoms with van der Waals surface area (Å²) in [6.07, 6.45) is 2.87. The Morgan fingerprint density at radius 3 is 2.25 bits per heavy atom. The Bertz CT molecular complexity index is 2650. The number of piperidine rings is 1. The number of nitrogens with one attached hydrogen (secondary N) is 3. The van der Waals surface area contributed by atoms with Crippen LogP contribution >= 0.6 is 0 Å². The van der Waals surface area contributed by atoms with E-state index in [1.807, 2.05) is 58.3 Å². The number of piperazine rings is 2. The summed E-state index contributed by atoms with van der Waals surface area (Å²) in [4.78, 5) is 66.3. The number of hydrogen-bond donors (Lipinski definition) is 3. The molecule has 5 heterocycles. The molecule has 4 amide bonds. The summed E-state index contributed by atoms with van der Waals surface area (Å²) in [6, 6.07) is 18.9. The SMILES string of the molecule is CCN(C)S(=O)(=O)Nc1ccc(F)c(C(=O)c2c[nH]c3ncc(-c4ccc(CN5CCN(C(=O)N6CCN(c7ccc(OC8CCC(=O)NC8=O)cc7)CC6)CC5)cc4)cc23)c1F. The molecule has 16 nitrogen and oxygen atoms in total. The van der Waals surface area contributed by atoms with Crippen molar-refractivity contribution in [2.24, 2.45) is 0 Å². The number of ketones is 1. The zero-order valence-corrected chi connectivity index (χ0v) is 35.6. The average Bonchev–Trinajstić information content (AvgIpc) is 3.72. The first-order valence-electron chi connectivity index (χ1n) is 20.7. The molecule has 8 rings (SSSR count). The first-order chi connectivity index (χ1) is 30.3. The molecule has 5 aromatic rings. The lowest BCUT2D eigenvalue weighted by Crippen LogP contribution is -2.56. The van der Waals surface area contributed by atoms with Crippen molar-refractivity contribution in [2.75, 3.05) is 75.6 Å². The Morgan fingerprint density at radius 1 is 0.905 bits per heavy atom. The number of anilines is 2. The Morgan fingerprint density at radius 2 is 1.59 bits per heavy atom. The zero-order valence-electron chi connectivity index (χ0n) is 34.8. The summed E-state index contributed by atoms with van der Waals surface area (Å²) in [7, 11) is -2.84. The number of H-pyrrole nitrogens is 1. The summed E-state index contributed by atoms with van der Waals surface area (Å²) >= 11 is 0. The molecule has 3 N–H and O–H groups in total. The van der Waals surface area contributed by atoms with Crippen LogP contribution in [0.15, 0.2) is 79.1 Å². The molecule has 19 heteroatoms. The highest BCUT2D eigenvalue weighted by molar-refractivity contribution is 7.90. The smallest absolute Gasteiger partial charge is 0.320 e. The third kappa shape index (κ3) is 9.35. The molecule has 0 spiro atoms. The highest BCUT2D eigenvalue weighted by Crippen LogP contribution is 2.31. The van der Waals surface area contributed by atoms with Gasteiger partial charge in [0.05, 0.1) is 11.3 Å². The molecule has 3 aromatic carbocycles. The molecular formula is C44H47F2N9O7S. The van der Waals surface area contributed by atoms with E-state index in [0.29, 0.717) is 74.6 Å². The summed E-state index contributed by atoms with van der Waals surface area (Å²) in [5.74, 6) is -3.58. The molecule has 0 aliphatic carbocycles. The van der Waals surface area contributed by atoms with Crippen LogP contribution in [0.1, 0.15) is 41.3 Å². The third-order valence-corrected chi connectivity index (χ3v) is 13.3. The standard InChI is InChI=1S/C44H47F2N9O7S/c1-3-51(2)63(60,61)50-36-13-12-35(45)39(40(36)46)41(57)34-26-48-42-33(34)24-30(25-47-42)29-6-4-28(5-7-29)27-52-16-18-54(19-17-52)44(59)55-22-20-53(21-23-55)31-8-10-32(11-9-31)62-37-14-15-38(56)49-43(37)58/h4-13,24-26,37,50H,3,14-23,27H2,1-2H3,(H,47,48)(H,49,56,58). The third-order valence-electron chi connectivity index (χ3n) is 11.7. The van der Waals surface area contributed by atoms with Gasteiger partial charge in [0.2, 0.25) is 11.7 Å². The summed E-state index contributed by atoms with van der Waals surface area (Å²) < 4.78 is 64.6. The first-order valence-corrected chi connectivity index (χ1v) is 22.2. The number of benzene rings is 3. The number of urea groups is 1. The fourth-order valence-corrected chi connectivity index (χ4v) is 8.84. The van der Waals surface area contributed by atoms with Crippen molar-refractivity contribution >= 4 is 56.2 Å². The van der Waals surface area contributed by atoms with Gasteiger partial charge in [-0.2, -0.15) is 12.7 Å². The predicted octanol–water partition coefficient (Wildman–Crippen LogP) is 4.59. The minimum atomic E-state index is -4.14. The van der Waals surface area contributed by atoms with Crippen molar-refractivity contribution in [3.8, 4) is 16.9 Å². The molecule has 0 saturated carbocycles. The van der Waals surface area contributed by atoms with Gasteiger partial charge in [-0.3, -0.25) is 29.3 Å². The molecule has 63 heavy (non-hydrogen) atoms. The van der Waals surface area contributed by atoms with Crippen molar-refractivity contribution in [3.05, 3.63) is 107 Å². The van der Waals surface area contributed by atoms with Gasteiger partial charge < -0.3 is 24.4 Å². The molecule has 3 aliphatic heterocycles. The number of aromatic nitrogens is 2. The topological polar surface area (TPSA) is 181 Å². The number of pyridine rings is 1. The summed E-state index contributed by atoms with van der Waals surface area (Å²) in [5, 5.41) is 2.65. The average molecular weight is 884 g/mol. The number of carbonyl (C=O) groups excluding carboxylic acids is 4. The highest BCUT2D eigenvalue weighted by Gasteiger charge is 2.31. The first kappa shape index (κ1) is 43.2. The number of aromatic amines is 1. The number of halogens is 2. The summed E-state index contributed by atoms with van der Waals surface area (Å²) in [6.45, 7) is 7.61. The second-order valence-electron chi connectivity index (χ2n) is 15.7.